The molecule has 3 aliphatic rings. The number of halogens is 3. The van der Waals surface area contributed by atoms with Crippen LogP contribution in [0.2, 0.25) is 5.02 Å². The molecule has 3 fully saturated rings. The van der Waals surface area contributed by atoms with Crippen LogP contribution in [0.15, 0.2) is 12.1 Å². The third kappa shape index (κ3) is 2.78. The Balaban J connectivity index is 1.72. The van der Waals surface area contributed by atoms with E-state index in [0.717, 1.165) is 31.4 Å². The molecule has 0 aromatic heterocycles. The van der Waals surface area contributed by atoms with Crippen LogP contribution in [0.3, 0.4) is 0 Å². The van der Waals surface area contributed by atoms with E-state index in [4.69, 9.17) is 21.4 Å². The summed E-state index contributed by atoms with van der Waals surface area (Å²) >= 11 is 5.97. The van der Waals surface area contributed by atoms with Gasteiger partial charge in [0.25, 0.3) is 0 Å². The Morgan fingerprint density at radius 1 is 1.23 bits per heavy atom. The zero-order chi connectivity index (χ0) is 16.0. The zero-order valence-electron chi connectivity index (χ0n) is 12.0. The smallest absolute Gasteiger partial charge is 0.338 e. The third-order valence-corrected chi connectivity index (χ3v) is 5.39. The van der Waals surface area contributed by atoms with Gasteiger partial charge in [-0.25, -0.2) is 13.6 Å². The normalized spacial score (nSPS) is 30.3. The predicted molar refractivity (Wildman–Crippen MR) is 77.8 cm³/mol. The van der Waals surface area contributed by atoms with Gasteiger partial charge in [0.2, 0.25) is 0 Å². The van der Waals surface area contributed by atoms with Crippen molar-refractivity contribution in [3.8, 4) is 5.75 Å². The Kier molecular flexibility index (Phi) is 3.79. The van der Waals surface area contributed by atoms with Crippen LogP contribution in [0.25, 0.3) is 0 Å². The average Bonchev–Trinajstić information content (AvgIpc) is 2.49. The van der Waals surface area contributed by atoms with Gasteiger partial charge in [0.1, 0.15) is 17.2 Å². The number of hydrogen-bond acceptors (Lipinski definition) is 2. The first-order chi connectivity index (χ1) is 10.3. The molecule has 4 rings (SSSR count). The van der Waals surface area contributed by atoms with Crippen LogP contribution in [0, 0.1) is 11.2 Å². The first-order valence-corrected chi connectivity index (χ1v) is 7.75. The second-order valence-corrected chi connectivity index (χ2v) is 6.91. The fraction of sp³-hybridized carbons (Fsp3) is 0.562. The summed E-state index contributed by atoms with van der Waals surface area (Å²) in [5, 5.41) is 8.92. The van der Waals surface area contributed by atoms with Crippen LogP contribution in [-0.4, -0.2) is 23.4 Å². The quantitative estimate of drug-likeness (QED) is 0.876. The molecule has 0 radical (unpaired) electrons. The summed E-state index contributed by atoms with van der Waals surface area (Å²) < 4.78 is 33.5. The van der Waals surface area contributed by atoms with Gasteiger partial charge in [0.15, 0.2) is 0 Å². The minimum atomic E-state index is -1.37. The second-order valence-electron chi connectivity index (χ2n) is 6.51. The minimum absolute atomic E-state index is 0.0703. The lowest BCUT2D eigenvalue weighted by molar-refractivity contribution is -0.0547. The molecule has 2 bridgehead atoms. The topological polar surface area (TPSA) is 46.5 Å². The Morgan fingerprint density at radius 2 is 1.82 bits per heavy atom. The number of benzene rings is 1. The lowest BCUT2D eigenvalue weighted by atomic mass is 9.60. The largest absolute Gasteiger partial charge is 0.491 e. The molecule has 0 saturated heterocycles. The zero-order valence-corrected chi connectivity index (χ0v) is 12.8. The molecule has 0 amide bonds. The molecule has 6 heteroatoms. The third-order valence-electron chi connectivity index (χ3n) is 5.10. The summed E-state index contributed by atoms with van der Waals surface area (Å²) in [6.07, 6.45) is 3.94. The summed E-state index contributed by atoms with van der Waals surface area (Å²) in [5.41, 5.74) is -1.55. The van der Waals surface area contributed by atoms with E-state index < -0.39 is 23.0 Å². The van der Waals surface area contributed by atoms with Crippen LogP contribution in [0.4, 0.5) is 8.78 Å². The molecule has 0 atom stereocenters. The number of fused-ring (bicyclic) bond motifs is 3. The van der Waals surface area contributed by atoms with Crippen molar-refractivity contribution in [2.45, 2.75) is 44.2 Å². The van der Waals surface area contributed by atoms with Crippen molar-refractivity contribution in [2.24, 2.45) is 5.41 Å². The van der Waals surface area contributed by atoms with Gasteiger partial charge in [-0.15, -0.1) is 0 Å². The lowest BCUT2D eigenvalue weighted by Gasteiger charge is -2.49. The molecule has 0 aliphatic heterocycles. The highest BCUT2D eigenvalue weighted by Crippen LogP contribution is 2.54. The number of alkyl halides is 1. The number of carboxylic acid groups (broad SMARTS) is 1. The molecule has 22 heavy (non-hydrogen) atoms. The summed E-state index contributed by atoms with van der Waals surface area (Å²) in [6.45, 7) is 0.356. The minimum Gasteiger partial charge on any atom is -0.491 e. The van der Waals surface area contributed by atoms with E-state index >= 15 is 0 Å². The van der Waals surface area contributed by atoms with Gasteiger partial charge in [0.05, 0.1) is 17.2 Å². The van der Waals surface area contributed by atoms with Gasteiger partial charge in [-0.05, 0) is 44.6 Å². The Hall–Kier alpha value is -1.36. The Labute approximate surface area is 132 Å². The molecule has 120 valence electrons. The molecule has 0 unspecified atom stereocenters. The number of carboxylic acids is 1. The molecule has 3 saturated carbocycles. The van der Waals surface area contributed by atoms with E-state index in [-0.39, 0.29) is 16.2 Å². The van der Waals surface area contributed by atoms with Gasteiger partial charge in [0, 0.05) is 11.5 Å². The van der Waals surface area contributed by atoms with Crippen molar-refractivity contribution < 1.29 is 23.4 Å². The van der Waals surface area contributed by atoms with Crippen LogP contribution in [0.5, 0.6) is 5.75 Å². The maximum Gasteiger partial charge on any atom is 0.338 e. The van der Waals surface area contributed by atoms with Crippen molar-refractivity contribution in [1.82, 2.24) is 0 Å². The molecule has 0 heterocycles. The summed E-state index contributed by atoms with van der Waals surface area (Å²) in [6, 6.07) is 2.06. The number of ether oxygens (including phenoxy) is 1. The average molecular weight is 331 g/mol. The van der Waals surface area contributed by atoms with Crippen molar-refractivity contribution in [2.75, 3.05) is 6.61 Å². The highest BCUT2D eigenvalue weighted by Gasteiger charge is 2.49. The molecular weight excluding hydrogens is 314 g/mol. The second kappa shape index (κ2) is 5.37. The summed E-state index contributed by atoms with van der Waals surface area (Å²) in [7, 11) is 0. The number of rotatable bonds is 4. The van der Waals surface area contributed by atoms with Gasteiger partial charge in [-0.2, -0.15) is 0 Å². The SMILES string of the molecule is O=C(O)c1cc(Cl)c(OCC23CCC(F)(CC2)CC3)cc1F. The van der Waals surface area contributed by atoms with Crippen molar-refractivity contribution in [3.05, 3.63) is 28.5 Å². The molecule has 1 N–H and O–H groups in total. The summed E-state index contributed by atoms with van der Waals surface area (Å²) in [5.74, 6) is -2.11. The standard InChI is InChI=1S/C16H17ClF2O3/c17-11-7-10(14(20)21)12(18)8-13(11)22-9-15-1-4-16(19,5-2-15)6-3-15/h7-8H,1-6,9H2,(H,20,21). The van der Waals surface area contributed by atoms with E-state index in [1.54, 1.807) is 0 Å². The molecule has 3 aliphatic carbocycles. The summed E-state index contributed by atoms with van der Waals surface area (Å²) in [4.78, 5) is 10.8. The van der Waals surface area contributed by atoms with E-state index in [2.05, 4.69) is 0 Å². The highest BCUT2D eigenvalue weighted by atomic mass is 35.5. The fourth-order valence-corrected chi connectivity index (χ4v) is 3.69. The van der Waals surface area contributed by atoms with Gasteiger partial charge < -0.3 is 9.84 Å². The first kappa shape index (κ1) is 15.5. The van der Waals surface area contributed by atoms with E-state index in [9.17, 15) is 13.6 Å². The molecular formula is C16H17ClF2O3. The van der Waals surface area contributed by atoms with Crippen molar-refractivity contribution in [3.63, 3.8) is 0 Å². The molecule has 3 nitrogen and oxygen atoms in total. The lowest BCUT2D eigenvalue weighted by Crippen LogP contribution is -2.46. The van der Waals surface area contributed by atoms with Gasteiger partial charge in [-0.1, -0.05) is 11.6 Å². The highest BCUT2D eigenvalue weighted by molar-refractivity contribution is 6.32. The molecule has 1 aromatic carbocycles. The van der Waals surface area contributed by atoms with Gasteiger partial charge in [-0.3, -0.25) is 0 Å². The van der Waals surface area contributed by atoms with E-state index in [1.807, 2.05) is 0 Å². The Morgan fingerprint density at radius 3 is 2.36 bits per heavy atom. The monoisotopic (exact) mass is 330 g/mol. The van der Waals surface area contributed by atoms with Crippen molar-refractivity contribution >= 4 is 17.6 Å². The van der Waals surface area contributed by atoms with Crippen LogP contribution in [-0.2, 0) is 0 Å². The maximum atomic E-state index is 14.1. The van der Waals surface area contributed by atoms with Crippen molar-refractivity contribution in [1.29, 1.82) is 0 Å². The molecule has 1 aromatic rings. The number of hydrogen-bond donors (Lipinski definition) is 1. The number of aromatic carboxylic acids is 1. The van der Waals surface area contributed by atoms with Crippen LogP contribution >= 0.6 is 11.6 Å². The van der Waals surface area contributed by atoms with Crippen LogP contribution < -0.4 is 4.74 Å². The maximum absolute atomic E-state index is 14.1. The van der Waals surface area contributed by atoms with E-state index in [0.29, 0.717) is 25.9 Å². The Bertz CT molecular complexity index is 593. The fourth-order valence-electron chi connectivity index (χ4n) is 3.47. The predicted octanol–water partition coefficient (Wildman–Crippen LogP) is 4.62. The first-order valence-electron chi connectivity index (χ1n) is 7.37. The van der Waals surface area contributed by atoms with E-state index in [1.165, 1.54) is 0 Å². The van der Waals surface area contributed by atoms with Crippen LogP contribution in [0.1, 0.15) is 48.9 Å². The van der Waals surface area contributed by atoms with Gasteiger partial charge >= 0.3 is 5.97 Å². The number of carbonyl (C=O) groups is 1. The molecule has 0 spiro atoms.